The lowest BCUT2D eigenvalue weighted by molar-refractivity contribution is -0.160. The van der Waals surface area contributed by atoms with Crippen molar-refractivity contribution in [3.8, 4) is 11.5 Å². The minimum Gasteiger partial charge on any atom is -0.497 e. The van der Waals surface area contributed by atoms with Crippen LogP contribution in [0, 0.1) is 0 Å². The summed E-state index contributed by atoms with van der Waals surface area (Å²) in [6, 6.07) is 14.2. The summed E-state index contributed by atoms with van der Waals surface area (Å²) in [5, 5.41) is 0. The number of para-hydroxylation sites is 1. The lowest BCUT2D eigenvalue weighted by Crippen LogP contribution is -2.60. The number of nitrogens with zero attached hydrogens (tertiary/aromatic N) is 1. The summed E-state index contributed by atoms with van der Waals surface area (Å²) < 4.78 is 16.4. The first-order valence-corrected chi connectivity index (χ1v) is 9.03. The molecule has 0 spiro atoms. The van der Waals surface area contributed by atoms with Crippen molar-refractivity contribution in [1.29, 1.82) is 0 Å². The molecule has 2 atom stereocenters. The second-order valence-corrected chi connectivity index (χ2v) is 6.34. The largest absolute Gasteiger partial charge is 0.497 e. The predicted octanol–water partition coefficient (Wildman–Crippen LogP) is 3.67. The van der Waals surface area contributed by atoms with Crippen molar-refractivity contribution in [2.75, 3.05) is 18.6 Å². The number of benzene rings is 2. The number of amides is 1. The molecule has 1 heterocycles. The highest BCUT2D eigenvalue weighted by atomic mass is 16.6. The van der Waals surface area contributed by atoms with Gasteiger partial charge in [0.05, 0.1) is 13.7 Å². The molecule has 0 bridgehead atoms. The Kier molecular flexibility index (Phi) is 5.99. The maximum absolute atomic E-state index is 12.8. The fourth-order valence-corrected chi connectivity index (χ4v) is 3.20. The molecule has 1 fully saturated rings. The standard InChI is InChI=1S/C22H23NO5/c1-4-5-14-27-19-9-7-6-8-18(19)20-21(28-15(2)24)22(25)23(20)16-10-12-17(26-3)13-11-16/h4,6-13,20-21H,1,5,14H2,2-3H3/t20-,21+/m1/s1. The number of hydrogen-bond donors (Lipinski definition) is 0. The molecular weight excluding hydrogens is 358 g/mol. The highest BCUT2D eigenvalue weighted by Crippen LogP contribution is 2.44. The average molecular weight is 381 g/mol. The fraction of sp³-hybridized carbons (Fsp3) is 0.273. The topological polar surface area (TPSA) is 65.1 Å². The lowest BCUT2D eigenvalue weighted by Gasteiger charge is -2.46. The van der Waals surface area contributed by atoms with E-state index in [4.69, 9.17) is 14.2 Å². The van der Waals surface area contributed by atoms with Gasteiger partial charge in [0.2, 0.25) is 6.10 Å². The van der Waals surface area contributed by atoms with Crippen LogP contribution in [0.2, 0.25) is 0 Å². The zero-order chi connectivity index (χ0) is 20.1. The highest BCUT2D eigenvalue weighted by Gasteiger charge is 2.52. The third-order valence-corrected chi connectivity index (χ3v) is 4.51. The first kappa shape index (κ1) is 19.5. The van der Waals surface area contributed by atoms with Crippen LogP contribution in [0.25, 0.3) is 0 Å². The SMILES string of the molecule is C=CCCOc1ccccc1[C@@H]1[C@H](OC(C)=O)C(=O)N1c1ccc(OC)cc1. The van der Waals surface area contributed by atoms with Crippen LogP contribution in [0.1, 0.15) is 24.9 Å². The van der Waals surface area contributed by atoms with E-state index in [0.29, 0.717) is 30.2 Å². The van der Waals surface area contributed by atoms with Crippen LogP contribution in [0.4, 0.5) is 5.69 Å². The van der Waals surface area contributed by atoms with Crippen molar-refractivity contribution in [1.82, 2.24) is 0 Å². The van der Waals surface area contributed by atoms with Gasteiger partial charge in [0.25, 0.3) is 5.91 Å². The Labute approximate surface area is 164 Å². The van der Waals surface area contributed by atoms with Crippen molar-refractivity contribution >= 4 is 17.6 Å². The Morgan fingerprint density at radius 2 is 1.89 bits per heavy atom. The van der Waals surface area contributed by atoms with Crippen LogP contribution in [0.15, 0.2) is 61.2 Å². The smallest absolute Gasteiger partial charge is 0.303 e. The van der Waals surface area contributed by atoms with Crippen molar-refractivity contribution in [2.24, 2.45) is 0 Å². The van der Waals surface area contributed by atoms with Gasteiger partial charge < -0.3 is 14.2 Å². The minimum atomic E-state index is -0.885. The number of anilines is 1. The average Bonchev–Trinajstić information content (AvgIpc) is 2.71. The van der Waals surface area contributed by atoms with Gasteiger partial charge >= 0.3 is 5.97 Å². The molecular formula is C22H23NO5. The number of ether oxygens (including phenoxy) is 3. The minimum absolute atomic E-state index is 0.272. The van der Waals surface area contributed by atoms with Gasteiger partial charge in [-0.25, -0.2) is 0 Å². The van der Waals surface area contributed by atoms with Gasteiger partial charge in [-0.15, -0.1) is 6.58 Å². The molecule has 0 saturated carbocycles. The third-order valence-electron chi connectivity index (χ3n) is 4.51. The molecule has 0 aromatic heterocycles. The molecule has 1 saturated heterocycles. The summed E-state index contributed by atoms with van der Waals surface area (Å²) in [5.41, 5.74) is 1.48. The molecule has 3 rings (SSSR count). The van der Waals surface area contributed by atoms with Crippen molar-refractivity contribution < 1.29 is 23.8 Å². The highest BCUT2D eigenvalue weighted by molar-refractivity contribution is 6.06. The van der Waals surface area contributed by atoms with Crippen LogP contribution < -0.4 is 14.4 Å². The van der Waals surface area contributed by atoms with Crippen LogP contribution in [-0.4, -0.2) is 31.7 Å². The second kappa shape index (κ2) is 8.61. The molecule has 0 aliphatic carbocycles. The van der Waals surface area contributed by atoms with Gasteiger partial charge in [-0.1, -0.05) is 24.3 Å². The predicted molar refractivity (Wildman–Crippen MR) is 106 cm³/mol. The number of β-lactam (4-membered cyclic amide) rings is 1. The monoisotopic (exact) mass is 381 g/mol. The molecule has 0 N–H and O–H groups in total. The summed E-state index contributed by atoms with van der Waals surface area (Å²) in [6.45, 7) is 5.47. The van der Waals surface area contributed by atoms with Gasteiger partial charge in [-0.2, -0.15) is 0 Å². The van der Waals surface area contributed by atoms with Crippen LogP contribution >= 0.6 is 0 Å². The van der Waals surface area contributed by atoms with Crippen molar-refractivity contribution in [3.05, 3.63) is 66.7 Å². The van der Waals surface area contributed by atoms with Gasteiger partial charge in [0.1, 0.15) is 17.5 Å². The van der Waals surface area contributed by atoms with Gasteiger partial charge in [-0.3, -0.25) is 14.5 Å². The van der Waals surface area contributed by atoms with Crippen LogP contribution in [-0.2, 0) is 14.3 Å². The Balaban J connectivity index is 1.96. The number of hydrogen-bond acceptors (Lipinski definition) is 5. The number of methoxy groups -OCH3 is 1. The molecule has 1 aliphatic heterocycles. The molecule has 28 heavy (non-hydrogen) atoms. The van der Waals surface area contributed by atoms with E-state index in [-0.39, 0.29) is 5.91 Å². The molecule has 6 heteroatoms. The molecule has 0 radical (unpaired) electrons. The Bertz CT molecular complexity index is 861. The van der Waals surface area contributed by atoms with Crippen LogP contribution in [0.5, 0.6) is 11.5 Å². The summed E-state index contributed by atoms with van der Waals surface area (Å²) >= 11 is 0. The van der Waals surface area contributed by atoms with Crippen molar-refractivity contribution in [2.45, 2.75) is 25.5 Å². The third kappa shape index (κ3) is 3.86. The van der Waals surface area contributed by atoms with Crippen LogP contribution in [0.3, 0.4) is 0 Å². The Hall–Kier alpha value is -3.28. The van der Waals surface area contributed by atoms with Gasteiger partial charge in [0, 0.05) is 18.2 Å². The summed E-state index contributed by atoms with van der Waals surface area (Å²) in [4.78, 5) is 25.9. The zero-order valence-corrected chi connectivity index (χ0v) is 16.0. The molecule has 1 aliphatic rings. The van der Waals surface area contributed by atoms with E-state index in [0.717, 1.165) is 5.56 Å². The summed E-state index contributed by atoms with van der Waals surface area (Å²) in [6.07, 6.45) is 1.60. The van der Waals surface area contributed by atoms with E-state index in [1.165, 1.54) is 6.92 Å². The maximum Gasteiger partial charge on any atom is 0.303 e. The van der Waals surface area contributed by atoms with E-state index < -0.39 is 18.1 Å². The second-order valence-electron chi connectivity index (χ2n) is 6.34. The van der Waals surface area contributed by atoms with Gasteiger partial charge in [0.15, 0.2) is 0 Å². The zero-order valence-electron chi connectivity index (χ0n) is 16.0. The van der Waals surface area contributed by atoms with Gasteiger partial charge in [-0.05, 0) is 36.8 Å². The normalized spacial score (nSPS) is 18.2. The number of carbonyl (C=O) groups excluding carboxylic acids is 2. The molecule has 2 aromatic rings. The quantitative estimate of drug-likeness (QED) is 0.302. The summed E-state index contributed by atoms with van der Waals surface area (Å²) in [7, 11) is 1.58. The molecule has 2 aromatic carbocycles. The van der Waals surface area contributed by atoms with E-state index >= 15 is 0 Å². The van der Waals surface area contributed by atoms with E-state index in [2.05, 4.69) is 6.58 Å². The Morgan fingerprint density at radius 1 is 1.18 bits per heavy atom. The first-order valence-electron chi connectivity index (χ1n) is 9.03. The van der Waals surface area contributed by atoms with E-state index in [9.17, 15) is 9.59 Å². The molecule has 1 amide bonds. The summed E-state index contributed by atoms with van der Waals surface area (Å²) in [5.74, 6) is 0.574. The molecule has 146 valence electrons. The molecule has 0 unspecified atom stereocenters. The lowest BCUT2D eigenvalue weighted by atomic mass is 9.89. The van der Waals surface area contributed by atoms with Crippen molar-refractivity contribution in [3.63, 3.8) is 0 Å². The number of esters is 1. The Morgan fingerprint density at radius 3 is 2.54 bits per heavy atom. The number of rotatable bonds is 8. The molecule has 6 nitrogen and oxygen atoms in total. The fourth-order valence-electron chi connectivity index (χ4n) is 3.20. The van der Waals surface area contributed by atoms with E-state index in [1.54, 1.807) is 42.4 Å². The van der Waals surface area contributed by atoms with E-state index in [1.807, 2.05) is 24.3 Å². The number of carbonyl (C=O) groups is 2. The first-order chi connectivity index (χ1) is 13.6. The maximum atomic E-state index is 12.8.